The number of methoxy groups -OCH3 is 1. The maximum Gasteiger partial charge on any atom is 0.261 e. The van der Waals surface area contributed by atoms with Crippen molar-refractivity contribution in [1.82, 2.24) is 0 Å². The third kappa shape index (κ3) is 5.46. The normalized spacial score (nSPS) is 15.5. The van der Waals surface area contributed by atoms with E-state index >= 15 is 0 Å². The van der Waals surface area contributed by atoms with Crippen molar-refractivity contribution in [2.75, 3.05) is 13.7 Å². The van der Waals surface area contributed by atoms with E-state index in [1.165, 1.54) is 10.4 Å². The summed E-state index contributed by atoms with van der Waals surface area (Å²) >= 11 is 0. The molecule has 1 N–H and O–H groups in total. The van der Waals surface area contributed by atoms with Gasteiger partial charge in [0.1, 0.15) is 0 Å². The Labute approximate surface area is 177 Å². The molecular formula is C25H36O3Si. The van der Waals surface area contributed by atoms with Crippen LogP contribution in [-0.4, -0.2) is 39.3 Å². The molecule has 0 aromatic heterocycles. The Morgan fingerprint density at radius 1 is 1.00 bits per heavy atom. The molecule has 3 atom stereocenters. The number of hydrogen-bond acceptors (Lipinski definition) is 3. The largest absolute Gasteiger partial charge is 0.405 e. The lowest BCUT2D eigenvalue weighted by molar-refractivity contribution is 0.00492. The maximum absolute atomic E-state index is 10.4. The first-order valence-electron chi connectivity index (χ1n) is 10.3. The first-order chi connectivity index (χ1) is 13.8. The third-order valence-electron chi connectivity index (χ3n) is 5.72. The van der Waals surface area contributed by atoms with Gasteiger partial charge in [-0.1, -0.05) is 94.4 Å². The summed E-state index contributed by atoms with van der Waals surface area (Å²) in [6.07, 6.45) is 1.61. The molecule has 0 saturated heterocycles. The molecule has 2 aromatic rings. The van der Waals surface area contributed by atoms with E-state index in [0.717, 1.165) is 0 Å². The van der Waals surface area contributed by atoms with Crippen molar-refractivity contribution in [3.8, 4) is 0 Å². The molecule has 2 rings (SSSR count). The first kappa shape index (κ1) is 23.6. The predicted octanol–water partition coefficient (Wildman–Crippen LogP) is 4.15. The first-order valence-corrected chi connectivity index (χ1v) is 12.3. The summed E-state index contributed by atoms with van der Waals surface area (Å²) in [6.45, 7) is 13.0. The Kier molecular flexibility index (Phi) is 8.41. The lowest BCUT2D eigenvalue weighted by Gasteiger charge is -2.43. The lowest BCUT2D eigenvalue weighted by Crippen LogP contribution is -2.67. The fourth-order valence-corrected chi connectivity index (χ4v) is 8.44. The van der Waals surface area contributed by atoms with Crippen LogP contribution in [0.2, 0.25) is 5.04 Å². The molecule has 0 saturated carbocycles. The van der Waals surface area contributed by atoms with E-state index in [-0.39, 0.29) is 17.1 Å². The SMILES string of the molecule is C=C[C@H](C)[C@@H](O)C[C@@H](CO[Si](c1ccccc1)(c1ccccc1)C(C)(C)C)OC. The van der Waals surface area contributed by atoms with Crippen LogP contribution in [0.15, 0.2) is 73.3 Å². The van der Waals surface area contributed by atoms with Crippen molar-refractivity contribution in [2.24, 2.45) is 5.92 Å². The minimum atomic E-state index is -2.60. The molecule has 3 nitrogen and oxygen atoms in total. The van der Waals surface area contributed by atoms with Gasteiger partial charge in [-0.25, -0.2) is 0 Å². The van der Waals surface area contributed by atoms with E-state index in [1.807, 2.05) is 19.1 Å². The molecule has 0 amide bonds. The fraction of sp³-hybridized carbons (Fsp3) is 0.440. The second kappa shape index (κ2) is 10.3. The standard InChI is InChI=1S/C25H36O3Si/c1-7-20(2)24(26)18-21(27-6)19-28-29(25(3,4)5,22-14-10-8-11-15-22)23-16-12-9-13-17-23/h7-17,20-21,24,26H,1,18-19H2,2-6H3/t20-,21-,24-/m0/s1. The molecule has 0 unspecified atom stereocenters. The summed E-state index contributed by atoms with van der Waals surface area (Å²) in [4.78, 5) is 0. The second-order valence-corrected chi connectivity index (χ2v) is 13.0. The van der Waals surface area contributed by atoms with Crippen LogP contribution >= 0.6 is 0 Å². The summed E-state index contributed by atoms with van der Waals surface area (Å²) in [5, 5.41) is 12.9. The Hall–Kier alpha value is -1.72. The lowest BCUT2D eigenvalue weighted by atomic mass is 10.00. The maximum atomic E-state index is 10.4. The van der Waals surface area contributed by atoms with Gasteiger partial charge in [-0.15, -0.1) is 6.58 Å². The van der Waals surface area contributed by atoms with Gasteiger partial charge in [-0.2, -0.15) is 0 Å². The number of hydrogen-bond donors (Lipinski definition) is 1. The van der Waals surface area contributed by atoms with E-state index in [9.17, 15) is 5.11 Å². The molecule has 0 fully saturated rings. The van der Waals surface area contributed by atoms with E-state index in [4.69, 9.17) is 9.16 Å². The highest BCUT2D eigenvalue weighted by Crippen LogP contribution is 2.37. The van der Waals surface area contributed by atoms with Gasteiger partial charge in [0.15, 0.2) is 0 Å². The van der Waals surface area contributed by atoms with E-state index < -0.39 is 14.4 Å². The van der Waals surface area contributed by atoms with Crippen molar-refractivity contribution in [2.45, 2.75) is 51.4 Å². The molecule has 0 aliphatic heterocycles. The highest BCUT2D eigenvalue weighted by Gasteiger charge is 2.50. The van der Waals surface area contributed by atoms with Gasteiger partial charge in [0.25, 0.3) is 8.32 Å². The molecule has 0 spiro atoms. The molecule has 0 radical (unpaired) electrons. The van der Waals surface area contributed by atoms with E-state index in [2.05, 4.69) is 75.9 Å². The van der Waals surface area contributed by atoms with Gasteiger partial charge < -0.3 is 14.3 Å². The third-order valence-corrected chi connectivity index (χ3v) is 10.7. The zero-order valence-electron chi connectivity index (χ0n) is 18.5. The van der Waals surface area contributed by atoms with Gasteiger partial charge in [0, 0.05) is 13.5 Å². The van der Waals surface area contributed by atoms with Crippen molar-refractivity contribution in [1.29, 1.82) is 0 Å². The molecule has 4 heteroatoms. The zero-order chi connectivity index (χ0) is 21.5. The van der Waals surface area contributed by atoms with Crippen LogP contribution in [0.1, 0.15) is 34.1 Å². The zero-order valence-corrected chi connectivity index (χ0v) is 19.5. The van der Waals surface area contributed by atoms with Crippen molar-refractivity contribution in [3.05, 3.63) is 73.3 Å². The summed E-state index contributed by atoms with van der Waals surface area (Å²) in [7, 11) is -0.911. The van der Waals surface area contributed by atoms with Gasteiger partial charge in [0.2, 0.25) is 0 Å². The molecule has 29 heavy (non-hydrogen) atoms. The fourth-order valence-electron chi connectivity index (χ4n) is 3.85. The summed E-state index contributed by atoms with van der Waals surface area (Å²) in [6, 6.07) is 21.1. The van der Waals surface area contributed by atoms with E-state index in [1.54, 1.807) is 13.2 Å². The Balaban J connectivity index is 2.41. The summed E-state index contributed by atoms with van der Waals surface area (Å²) < 4.78 is 12.6. The van der Waals surface area contributed by atoms with Gasteiger partial charge in [-0.3, -0.25) is 0 Å². The molecule has 2 aromatic carbocycles. The van der Waals surface area contributed by atoms with Crippen LogP contribution in [0.25, 0.3) is 0 Å². The molecule has 0 bridgehead atoms. The van der Waals surface area contributed by atoms with E-state index in [0.29, 0.717) is 13.0 Å². The number of ether oxygens (including phenoxy) is 1. The smallest absolute Gasteiger partial charge is 0.261 e. The quantitative estimate of drug-likeness (QED) is 0.471. The monoisotopic (exact) mass is 412 g/mol. The number of aliphatic hydroxyl groups is 1. The van der Waals surface area contributed by atoms with Crippen LogP contribution < -0.4 is 10.4 Å². The molecule has 0 aliphatic carbocycles. The highest BCUT2D eigenvalue weighted by atomic mass is 28.4. The Bertz CT molecular complexity index is 700. The summed E-state index contributed by atoms with van der Waals surface area (Å²) in [5.41, 5.74) is 0. The minimum Gasteiger partial charge on any atom is -0.405 e. The molecule has 158 valence electrons. The average molecular weight is 413 g/mol. The molecule has 0 aliphatic rings. The highest BCUT2D eigenvalue weighted by molar-refractivity contribution is 6.99. The number of rotatable bonds is 10. The average Bonchev–Trinajstić information content (AvgIpc) is 2.73. The van der Waals surface area contributed by atoms with Crippen LogP contribution in [-0.2, 0) is 9.16 Å². The van der Waals surface area contributed by atoms with Crippen molar-refractivity contribution < 1.29 is 14.3 Å². The van der Waals surface area contributed by atoms with Gasteiger partial charge in [0.05, 0.1) is 18.8 Å². The Morgan fingerprint density at radius 3 is 1.86 bits per heavy atom. The predicted molar refractivity (Wildman–Crippen MR) is 124 cm³/mol. The Morgan fingerprint density at radius 2 is 1.48 bits per heavy atom. The minimum absolute atomic E-state index is 0.0144. The molecule has 0 heterocycles. The van der Waals surface area contributed by atoms with Gasteiger partial charge in [-0.05, 0) is 21.3 Å². The number of aliphatic hydroxyl groups excluding tert-OH is 1. The van der Waals surface area contributed by atoms with Crippen LogP contribution in [0.3, 0.4) is 0 Å². The van der Waals surface area contributed by atoms with Crippen LogP contribution in [0.4, 0.5) is 0 Å². The topological polar surface area (TPSA) is 38.7 Å². The van der Waals surface area contributed by atoms with Crippen LogP contribution in [0.5, 0.6) is 0 Å². The second-order valence-electron chi connectivity index (χ2n) is 8.73. The number of benzene rings is 2. The van der Waals surface area contributed by atoms with Crippen molar-refractivity contribution >= 4 is 18.7 Å². The summed E-state index contributed by atoms with van der Waals surface area (Å²) in [5.74, 6) is 0.0144. The van der Waals surface area contributed by atoms with Crippen molar-refractivity contribution in [3.63, 3.8) is 0 Å². The van der Waals surface area contributed by atoms with Gasteiger partial charge >= 0.3 is 0 Å². The van der Waals surface area contributed by atoms with Crippen LogP contribution in [0, 0.1) is 5.92 Å². The molecular weight excluding hydrogens is 376 g/mol.